The van der Waals surface area contributed by atoms with Gasteiger partial charge < -0.3 is 30.3 Å². The second kappa shape index (κ2) is 5.18. The summed E-state index contributed by atoms with van der Waals surface area (Å²) >= 11 is 0. The van der Waals surface area contributed by atoms with Gasteiger partial charge in [0.05, 0.1) is 7.98 Å². The van der Waals surface area contributed by atoms with Crippen LogP contribution in [0.4, 0.5) is 0 Å². The summed E-state index contributed by atoms with van der Waals surface area (Å²) in [7, 11) is 0. The van der Waals surface area contributed by atoms with Crippen LogP contribution in [-0.4, -0.2) is 62.8 Å². The summed E-state index contributed by atoms with van der Waals surface area (Å²) in [6.07, 6.45) is -9.09. The zero-order valence-electron chi connectivity index (χ0n) is 7.16. The van der Waals surface area contributed by atoms with Crippen LogP contribution >= 0.6 is 0 Å². The van der Waals surface area contributed by atoms with Crippen LogP contribution in [-0.2, 0) is 4.79 Å². The van der Waals surface area contributed by atoms with E-state index in [4.69, 9.17) is 26.9 Å². The van der Waals surface area contributed by atoms with Crippen LogP contribution in [0, 0.1) is 0 Å². The molecule has 12 heavy (non-hydrogen) atoms. The van der Waals surface area contributed by atoms with Gasteiger partial charge >= 0.3 is 0 Å². The second-order valence-electron chi connectivity index (χ2n) is 2.19. The molecule has 0 bridgehead atoms. The van der Waals surface area contributed by atoms with Crippen LogP contribution in [0.2, 0.25) is 0 Å². The molecule has 0 radical (unpaired) electrons. The van der Waals surface area contributed by atoms with Crippen molar-refractivity contribution in [1.82, 2.24) is 0 Å². The van der Waals surface area contributed by atoms with E-state index in [-0.39, 0.29) is 6.29 Å². The predicted octanol–water partition coefficient (Wildman–Crippen LogP) is -3.38. The largest absolute Gasteiger partial charge is 0.394 e. The fraction of sp³-hybridized carbons (Fsp3) is 0.833. The van der Waals surface area contributed by atoms with E-state index in [9.17, 15) is 4.79 Å². The van der Waals surface area contributed by atoms with Crippen molar-refractivity contribution < 1.29 is 31.7 Å². The van der Waals surface area contributed by atoms with E-state index >= 15 is 0 Å². The number of aliphatic hydroxyl groups excluding tert-OH is 4. The molecule has 0 aromatic heterocycles. The number of carbonyl (C=O) groups excluding carboxylic acids is 1. The van der Waals surface area contributed by atoms with Crippen molar-refractivity contribution in [3.63, 3.8) is 0 Å². The molecule has 5 N–H and O–H groups in total. The van der Waals surface area contributed by atoms with Gasteiger partial charge in [-0.3, -0.25) is 0 Å². The van der Waals surface area contributed by atoms with Gasteiger partial charge in [0.15, 0.2) is 6.29 Å². The van der Waals surface area contributed by atoms with Crippen LogP contribution < -0.4 is 0 Å². The van der Waals surface area contributed by atoms with Crippen molar-refractivity contribution in [2.24, 2.45) is 0 Å². The summed E-state index contributed by atoms with van der Waals surface area (Å²) in [6, 6.07) is 0. The third-order valence-corrected chi connectivity index (χ3v) is 1.28. The van der Waals surface area contributed by atoms with Crippen molar-refractivity contribution in [1.29, 1.82) is 0 Å². The molecule has 0 rings (SSSR count). The summed E-state index contributed by atoms with van der Waals surface area (Å²) in [5.74, 6) is 0. The Kier molecular flexibility index (Phi) is 4.12. The minimum atomic E-state index is -2.88. The maximum Gasteiger partial charge on any atom is 0.151 e. The number of rotatable bonds is 5. The molecule has 0 aromatic carbocycles. The minimum absolute atomic E-state index is 0.0890. The Labute approximate surface area is 70.1 Å². The summed E-state index contributed by atoms with van der Waals surface area (Å²) in [4.78, 5) is 9.96. The molecule has 4 atom stereocenters. The van der Waals surface area contributed by atoms with Crippen molar-refractivity contribution in [2.45, 2.75) is 24.4 Å². The molecule has 0 spiro atoms. The normalized spacial score (nSPS) is 24.9. The molecule has 6 nitrogen and oxygen atoms in total. The van der Waals surface area contributed by atoms with Crippen LogP contribution in [0.25, 0.3) is 0 Å². The summed E-state index contributed by atoms with van der Waals surface area (Å²) < 4.78 is 6.95. The lowest BCUT2D eigenvalue weighted by Gasteiger charge is -2.22. The van der Waals surface area contributed by atoms with E-state index in [0.717, 1.165) is 0 Å². The highest BCUT2D eigenvalue weighted by Crippen LogP contribution is 2.02. The van der Waals surface area contributed by atoms with Gasteiger partial charge in [0.25, 0.3) is 0 Å². The first-order chi connectivity index (χ1) is 5.87. The van der Waals surface area contributed by atoms with Crippen LogP contribution in [0.3, 0.4) is 0 Å². The second-order valence-corrected chi connectivity index (χ2v) is 2.19. The van der Waals surface area contributed by atoms with Crippen LogP contribution in [0.1, 0.15) is 1.37 Å². The number of carbonyl (C=O) groups is 1. The molecule has 0 heterocycles. The zero-order chi connectivity index (χ0) is 10.6. The lowest BCUT2D eigenvalue weighted by Crippen LogP contribution is -2.46. The van der Waals surface area contributed by atoms with Gasteiger partial charge in [-0.05, 0) is 0 Å². The molecule has 0 aliphatic carbocycles. The topological polar surface area (TPSA) is 118 Å². The highest BCUT2D eigenvalue weighted by molar-refractivity contribution is 5.56. The monoisotopic (exact) mass is 181 g/mol. The van der Waals surface area contributed by atoms with Gasteiger partial charge in [-0.2, -0.15) is 0 Å². The van der Waals surface area contributed by atoms with E-state index in [2.05, 4.69) is 0 Å². The molecular weight excluding hydrogens is 168 g/mol. The van der Waals surface area contributed by atoms with Gasteiger partial charge in [-0.15, -0.1) is 0 Å². The molecule has 0 aliphatic rings. The molecule has 0 saturated carbocycles. The number of aldehydes is 1. The van der Waals surface area contributed by atoms with Gasteiger partial charge in [0.1, 0.15) is 24.4 Å². The molecule has 72 valence electrons. The first kappa shape index (κ1) is 9.56. The van der Waals surface area contributed by atoms with Crippen LogP contribution in [0.5, 0.6) is 0 Å². The van der Waals surface area contributed by atoms with Gasteiger partial charge in [-0.1, -0.05) is 0 Å². The Bertz CT molecular complexity index is 173. The molecule has 6 heteroatoms. The number of hydrogen-bond donors (Lipinski definition) is 5. The van der Waals surface area contributed by atoms with Crippen molar-refractivity contribution in [3.8, 4) is 0 Å². The van der Waals surface area contributed by atoms with Crippen molar-refractivity contribution in [3.05, 3.63) is 0 Å². The van der Waals surface area contributed by atoms with E-state index in [0.29, 0.717) is 0 Å². The Hall–Kier alpha value is -0.530. The first-order valence-corrected chi connectivity index (χ1v) is 3.20. The Balaban J connectivity index is 4.51. The average Bonchev–Trinajstić information content (AvgIpc) is 2.13. The maximum atomic E-state index is 9.96. The third kappa shape index (κ3) is 2.84. The Morgan fingerprint density at radius 2 is 1.83 bits per heavy atom. The van der Waals surface area contributed by atoms with Gasteiger partial charge in [-0.25, -0.2) is 0 Å². The van der Waals surface area contributed by atoms with Crippen molar-refractivity contribution in [2.75, 3.05) is 6.61 Å². The molecule has 0 unspecified atom stereocenters. The molecular formula is C6H12O6. The highest BCUT2D eigenvalue weighted by atomic mass is 16.4. The lowest BCUT2D eigenvalue weighted by atomic mass is 10.0. The molecule has 0 fully saturated rings. The predicted molar refractivity (Wildman–Crippen MR) is 37.2 cm³/mol. The third-order valence-electron chi connectivity index (χ3n) is 1.28. The Morgan fingerprint density at radius 3 is 2.17 bits per heavy atom. The average molecular weight is 181 g/mol. The maximum absolute atomic E-state index is 9.96. The molecule has 0 aliphatic heterocycles. The minimum Gasteiger partial charge on any atom is -0.394 e. The quantitative estimate of drug-likeness (QED) is 0.282. The SMILES string of the molecule is [2H][C@@](O)([C@H](O)CO)[C@H](O)[C@@H](O)C=O. The van der Waals surface area contributed by atoms with E-state index in [1.54, 1.807) is 0 Å². The Morgan fingerprint density at radius 1 is 1.33 bits per heavy atom. The van der Waals surface area contributed by atoms with E-state index < -0.39 is 31.0 Å². The summed E-state index contributed by atoms with van der Waals surface area (Å²) in [5.41, 5.74) is 0. The molecule has 0 saturated heterocycles. The standard InChI is InChI=1S/C6H12O6/c7-1-3(9)5(11)6(12)4(10)2-8/h1,3-6,8-12H,2H2/t3-,4+,5+,6+/m0/s1/i6D. The fourth-order valence-corrected chi connectivity index (χ4v) is 0.540. The molecule has 0 aromatic rings. The first-order valence-electron chi connectivity index (χ1n) is 3.70. The van der Waals surface area contributed by atoms with E-state index in [1.165, 1.54) is 0 Å². The fourth-order valence-electron chi connectivity index (χ4n) is 0.540. The lowest BCUT2D eigenvalue weighted by molar-refractivity contribution is -0.136. The highest BCUT2D eigenvalue weighted by Gasteiger charge is 2.29. The summed E-state index contributed by atoms with van der Waals surface area (Å²) in [6.45, 7) is -0.970. The number of aliphatic hydroxyl groups is 5. The van der Waals surface area contributed by atoms with Gasteiger partial charge in [0.2, 0.25) is 0 Å². The molecule has 0 amide bonds. The van der Waals surface area contributed by atoms with Crippen molar-refractivity contribution >= 4 is 6.29 Å². The summed E-state index contributed by atoms with van der Waals surface area (Å²) in [5, 5.41) is 43.9. The van der Waals surface area contributed by atoms with Gasteiger partial charge in [0, 0.05) is 0 Å². The van der Waals surface area contributed by atoms with Crippen LogP contribution in [0.15, 0.2) is 0 Å². The smallest absolute Gasteiger partial charge is 0.151 e. The zero-order valence-corrected chi connectivity index (χ0v) is 6.16. The number of hydrogen-bond acceptors (Lipinski definition) is 6. The van der Waals surface area contributed by atoms with E-state index in [1.807, 2.05) is 0 Å².